The summed E-state index contributed by atoms with van der Waals surface area (Å²) in [6.45, 7) is 6.08. The van der Waals surface area contributed by atoms with E-state index >= 15 is 0 Å². The van der Waals surface area contributed by atoms with Crippen molar-refractivity contribution >= 4 is 57.1 Å². The first-order chi connectivity index (χ1) is 17.6. The molecule has 190 valence electrons. The fourth-order valence-electron chi connectivity index (χ4n) is 4.15. The van der Waals surface area contributed by atoms with Crippen LogP contribution in [0.2, 0.25) is 5.02 Å². The molecule has 37 heavy (non-hydrogen) atoms. The average molecular weight is 584 g/mol. The average Bonchev–Trinajstić information content (AvgIpc) is 2.82. The van der Waals surface area contributed by atoms with E-state index in [4.69, 9.17) is 21.1 Å². The van der Waals surface area contributed by atoms with Gasteiger partial charge in [0.05, 0.1) is 17.3 Å². The maximum Gasteiger partial charge on any atom is 0.335 e. The van der Waals surface area contributed by atoms with E-state index in [1.165, 1.54) is 13.2 Å². The highest BCUT2D eigenvalue weighted by Crippen LogP contribution is 2.38. The molecule has 1 heterocycles. The molecule has 1 fully saturated rings. The second-order valence-corrected chi connectivity index (χ2v) is 9.92. The van der Waals surface area contributed by atoms with Crippen molar-refractivity contribution in [2.24, 2.45) is 0 Å². The SMILES string of the molecule is COc1cc(/C=C2\C(=O)NC(=O)N(c3cccc(Cl)c3C)C2=O)cc(Br)c1OCc1cc(C)cc(C)c1. The number of methoxy groups -OCH3 is 1. The van der Waals surface area contributed by atoms with Crippen LogP contribution in [0, 0.1) is 20.8 Å². The molecule has 0 aliphatic carbocycles. The molecule has 9 heteroatoms. The Morgan fingerprint density at radius 1 is 1.03 bits per heavy atom. The topological polar surface area (TPSA) is 84.9 Å². The summed E-state index contributed by atoms with van der Waals surface area (Å²) in [5.74, 6) is -0.664. The zero-order valence-corrected chi connectivity index (χ0v) is 23.0. The first-order valence-corrected chi connectivity index (χ1v) is 12.5. The number of halogens is 2. The summed E-state index contributed by atoms with van der Waals surface area (Å²) in [6.07, 6.45) is 1.40. The third-order valence-electron chi connectivity index (χ3n) is 5.81. The summed E-state index contributed by atoms with van der Waals surface area (Å²) in [4.78, 5) is 39.4. The Morgan fingerprint density at radius 3 is 2.41 bits per heavy atom. The molecule has 0 unspecified atom stereocenters. The number of nitrogens with zero attached hydrogens (tertiary/aromatic N) is 1. The third kappa shape index (κ3) is 5.55. The lowest BCUT2D eigenvalue weighted by molar-refractivity contribution is -0.122. The molecule has 0 bridgehead atoms. The zero-order chi connectivity index (χ0) is 26.9. The molecule has 7 nitrogen and oxygen atoms in total. The van der Waals surface area contributed by atoms with Gasteiger partial charge in [0.1, 0.15) is 12.2 Å². The molecule has 0 atom stereocenters. The number of urea groups is 1. The zero-order valence-electron chi connectivity index (χ0n) is 20.6. The molecular weight excluding hydrogens is 560 g/mol. The van der Waals surface area contributed by atoms with E-state index in [0.717, 1.165) is 21.6 Å². The van der Waals surface area contributed by atoms with E-state index in [0.29, 0.717) is 44.4 Å². The van der Waals surface area contributed by atoms with Crippen LogP contribution in [-0.2, 0) is 16.2 Å². The Labute approximate surface area is 228 Å². The molecular formula is C28H24BrClN2O5. The summed E-state index contributed by atoms with van der Waals surface area (Å²) in [6, 6.07) is 13.6. The molecule has 3 aromatic carbocycles. The van der Waals surface area contributed by atoms with Crippen LogP contribution in [0.25, 0.3) is 6.08 Å². The van der Waals surface area contributed by atoms with Crippen LogP contribution in [0.3, 0.4) is 0 Å². The van der Waals surface area contributed by atoms with Gasteiger partial charge in [0.2, 0.25) is 0 Å². The summed E-state index contributed by atoms with van der Waals surface area (Å²) in [5, 5.41) is 2.62. The van der Waals surface area contributed by atoms with E-state index < -0.39 is 17.8 Å². The Kier molecular flexibility index (Phi) is 7.71. The van der Waals surface area contributed by atoms with Crippen LogP contribution in [0.5, 0.6) is 11.5 Å². The number of carbonyl (C=O) groups is 3. The van der Waals surface area contributed by atoms with Gasteiger partial charge in [0.25, 0.3) is 11.8 Å². The van der Waals surface area contributed by atoms with Crippen LogP contribution in [-0.4, -0.2) is 25.0 Å². The lowest BCUT2D eigenvalue weighted by Crippen LogP contribution is -2.54. The number of amides is 4. The van der Waals surface area contributed by atoms with Crippen molar-refractivity contribution in [3.63, 3.8) is 0 Å². The molecule has 4 rings (SSSR count). The smallest absolute Gasteiger partial charge is 0.335 e. The lowest BCUT2D eigenvalue weighted by Gasteiger charge is -2.27. The van der Waals surface area contributed by atoms with Crippen LogP contribution in [0.1, 0.15) is 27.8 Å². The van der Waals surface area contributed by atoms with Crippen LogP contribution < -0.4 is 19.7 Å². The highest BCUT2D eigenvalue weighted by molar-refractivity contribution is 9.10. The number of hydrogen-bond acceptors (Lipinski definition) is 5. The van der Waals surface area contributed by atoms with Crippen LogP contribution in [0.4, 0.5) is 10.5 Å². The Balaban J connectivity index is 1.66. The van der Waals surface area contributed by atoms with Gasteiger partial charge in [-0.3, -0.25) is 14.9 Å². The highest BCUT2D eigenvalue weighted by atomic mass is 79.9. The Hall–Kier alpha value is -3.62. The minimum Gasteiger partial charge on any atom is -0.493 e. The van der Waals surface area contributed by atoms with Gasteiger partial charge < -0.3 is 9.47 Å². The van der Waals surface area contributed by atoms with Crippen molar-refractivity contribution in [1.82, 2.24) is 5.32 Å². The summed E-state index contributed by atoms with van der Waals surface area (Å²) in [7, 11) is 1.50. The highest BCUT2D eigenvalue weighted by Gasteiger charge is 2.37. The number of barbiturate groups is 1. The fraction of sp³-hybridized carbons (Fsp3) is 0.179. The van der Waals surface area contributed by atoms with E-state index in [-0.39, 0.29) is 5.57 Å². The summed E-state index contributed by atoms with van der Waals surface area (Å²) in [5.41, 5.74) is 4.42. The lowest BCUT2D eigenvalue weighted by atomic mass is 10.1. The quantitative estimate of drug-likeness (QED) is 0.273. The van der Waals surface area contributed by atoms with Gasteiger partial charge >= 0.3 is 6.03 Å². The first-order valence-electron chi connectivity index (χ1n) is 11.3. The van der Waals surface area contributed by atoms with Gasteiger partial charge in [0.15, 0.2) is 11.5 Å². The largest absolute Gasteiger partial charge is 0.493 e. The standard InChI is InChI=1S/C28H24BrClN2O5/c1-15-8-16(2)10-19(9-15)14-37-25-21(29)12-18(13-24(25)36-4)11-20-26(33)31-28(35)32(27(20)34)23-7-5-6-22(30)17(23)3/h5-13H,14H2,1-4H3,(H,31,33,35)/b20-11+. The number of aryl methyl sites for hydroxylation is 2. The van der Waals surface area contributed by atoms with Crippen LogP contribution >= 0.6 is 27.5 Å². The molecule has 4 amide bonds. The van der Waals surface area contributed by atoms with E-state index in [2.05, 4.69) is 27.3 Å². The predicted molar refractivity (Wildman–Crippen MR) is 146 cm³/mol. The number of ether oxygens (including phenoxy) is 2. The van der Waals surface area contributed by atoms with Crippen molar-refractivity contribution < 1.29 is 23.9 Å². The summed E-state index contributed by atoms with van der Waals surface area (Å²) < 4.78 is 12.2. The van der Waals surface area contributed by atoms with Crippen LogP contribution in [0.15, 0.2) is 58.6 Å². The van der Waals surface area contributed by atoms with Gasteiger partial charge in [-0.15, -0.1) is 0 Å². The molecule has 3 aromatic rings. The second kappa shape index (κ2) is 10.8. The Bertz CT molecular complexity index is 1450. The van der Waals surface area contributed by atoms with Gasteiger partial charge in [-0.2, -0.15) is 0 Å². The number of benzene rings is 3. The third-order valence-corrected chi connectivity index (χ3v) is 6.81. The van der Waals surface area contributed by atoms with E-state index in [1.54, 1.807) is 37.3 Å². The molecule has 0 spiro atoms. The molecule has 0 aromatic heterocycles. The van der Waals surface area contributed by atoms with Crippen molar-refractivity contribution in [3.8, 4) is 11.5 Å². The monoisotopic (exact) mass is 582 g/mol. The van der Waals surface area contributed by atoms with Gasteiger partial charge in [0, 0.05) is 5.02 Å². The predicted octanol–water partition coefficient (Wildman–Crippen LogP) is 6.28. The van der Waals surface area contributed by atoms with Crippen molar-refractivity contribution in [3.05, 3.63) is 91.4 Å². The number of carbonyl (C=O) groups excluding carboxylic acids is 3. The van der Waals surface area contributed by atoms with Gasteiger partial charge in [-0.05, 0) is 83.7 Å². The fourth-order valence-corrected chi connectivity index (χ4v) is 4.90. The van der Waals surface area contributed by atoms with Crippen molar-refractivity contribution in [2.75, 3.05) is 12.0 Å². The van der Waals surface area contributed by atoms with E-state index in [9.17, 15) is 14.4 Å². The normalized spacial score (nSPS) is 14.7. The summed E-state index contributed by atoms with van der Waals surface area (Å²) >= 11 is 9.70. The molecule has 1 aliphatic heterocycles. The minimum absolute atomic E-state index is 0.211. The number of anilines is 1. The molecule has 1 aliphatic rings. The number of hydrogen-bond donors (Lipinski definition) is 1. The minimum atomic E-state index is -0.841. The van der Waals surface area contributed by atoms with Gasteiger partial charge in [-0.1, -0.05) is 47.0 Å². The molecule has 1 saturated heterocycles. The Morgan fingerprint density at radius 2 is 1.73 bits per heavy atom. The van der Waals surface area contributed by atoms with Crippen molar-refractivity contribution in [2.45, 2.75) is 27.4 Å². The number of imide groups is 2. The number of rotatable bonds is 6. The van der Waals surface area contributed by atoms with Gasteiger partial charge in [-0.25, -0.2) is 9.69 Å². The molecule has 0 radical (unpaired) electrons. The molecule has 1 N–H and O–H groups in total. The first kappa shape index (κ1) is 26.4. The maximum absolute atomic E-state index is 13.3. The van der Waals surface area contributed by atoms with E-state index in [1.807, 2.05) is 26.0 Å². The number of nitrogens with one attached hydrogen (secondary N) is 1. The molecule has 0 saturated carbocycles. The maximum atomic E-state index is 13.3. The second-order valence-electron chi connectivity index (χ2n) is 8.66. The van der Waals surface area contributed by atoms with Crippen molar-refractivity contribution in [1.29, 1.82) is 0 Å².